The summed E-state index contributed by atoms with van der Waals surface area (Å²) in [7, 11) is -3.58. The van der Waals surface area contributed by atoms with E-state index in [0.717, 1.165) is 13.1 Å². The lowest BCUT2D eigenvalue weighted by atomic mass is 10.0. The minimum Gasteiger partial charge on any atom is -0.445 e. The molecule has 37 heavy (non-hydrogen) atoms. The second-order valence-corrected chi connectivity index (χ2v) is 13.1. The molecule has 3 aliphatic rings. The van der Waals surface area contributed by atoms with Crippen LogP contribution in [0.2, 0.25) is 15.3 Å². The van der Waals surface area contributed by atoms with Crippen LogP contribution in [0, 0.1) is 11.8 Å². The third-order valence-electron chi connectivity index (χ3n) is 7.28. The van der Waals surface area contributed by atoms with Gasteiger partial charge in [0.05, 0.1) is 27.9 Å². The molecule has 1 amide bonds. The van der Waals surface area contributed by atoms with E-state index in [2.05, 4.69) is 10.5 Å². The van der Waals surface area contributed by atoms with Gasteiger partial charge in [0.1, 0.15) is 5.76 Å². The number of carbonyl (C=O) groups excluding carboxylic acids is 1. The van der Waals surface area contributed by atoms with E-state index < -0.39 is 15.7 Å². The van der Waals surface area contributed by atoms with Crippen LogP contribution in [0.5, 0.6) is 0 Å². The molecule has 0 radical (unpaired) electrons. The van der Waals surface area contributed by atoms with Gasteiger partial charge >= 0.3 is 0 Å². The lowest BCUT2D eigenvalue weighted by Gasteiger charge is -2.20. The molecule has 1 N–H and O–H groups in total. The number of nitrogens with zero attached hydrogens (tertiary/aromatic N) is 3. The number of hydrogen-bond donors (Lipinski definition) is 1. The van der Waals surface area contributed by atoms with Gasteiger partial charge < -0.3 is 4.42 Å². The van der Waals surface area contributed by atoms with E-state index in [4.69, 9.17) is 39.2 Å². The fourth-order valence-corrected chi connectivity index (χ4v) is 7.86. The topological polar surface area (TPSA) is 97.4 Å². The molecule has 1 saturated heterocycles. The van der Waals surface area contributed by atoms with Crippen molar-refractivity contribution in [1.82, 2.24) is 20.2 Å². The standard InChI is InChI=1S/C25H23Cl3N4O4S/c26-17-4-6-21(20(27)9-17)32-24-16(8-18-5-7-22(28)36-18)12-37(34,35)13-19(24)23(29-32)25(33)30-31-10-14-2-1-3-15(14)11-31/h4-9,14-15H,1-3,10-13H2,(H,30,33). The van der Waals surface area contributed by atoms with Crippen molar-refractivity contribution in [2.45, 2.75) is 25.0 Å². The Morgan fingerprint density at radius 2 is 1.84 bits per heavy atom. The zero-order valence-corrected chi connectivity index (χ0v) is 22.7. The fraction of sp³-hybridized carbons (Fsp3) is 0.360. The molecule has 2 unspecified atom stereocenters. The molecule has 3 aromatic rings. The molecule has 194 valence electrons. The molecular weight excluding hydrogens is 559 g/mol. The minimum absolute atomic E-state index is 0.0460. The summed E-state index contributed by atoms with van der Waals surface area (Å²) in [5.41, 5.74) is 4.71. The Morgan fingerprint density at radius 1 is 1.08 bits per heavy atom. The van der Waals surface area contributed by atoms with Crippen molar-refractivity contribution in [3.8, 4) is 5.69 Å². The molecule has 2 fully saturated rings. The molecule has 2 aromatic heterocycles. The summed E-state index contributed by atoms with van der Waals surface area (Å²) in [6, 6.07) is 8.14. The van der Waals surface area contributed by atoms with Gasteiger partial charge in [0.2, 0.25) is 0 Å². The van der Waals surface area contributed by atoms with E-state index in [9.17, 15) is 13.2 Å². The van der Waals surface area contributed by atoms with Gasteiger partial charge in [-0.05, 0) is 78.3 Å². The monoisotopic (exact) mass is 580 g/mol. The molecule has 0 bridgehead atoms. The third-order valence-corrected chi connectivity index (χ3v) is 9.50. The van der Waals surface area contributed by atoms with Crippen LogP contribution in [0.3, 0.4) is 0 Å². The summed E-state index contributed by atoms with van der Waals surface area (Å²) in [5, 5.41) is 7.47. The highest BCUT2D eigenvalue weighted by Gasteiger charge is 2.39. The largest absolute Gasteiger partial charge is 0.445 e. The molecule has 1 aliphatic carbocycles. The molecule has 2 aliphatic heterocycles. The summed E-state index contributed by atoms with van der Waals surface area (Å²) >= 11 is 18.6. The number of benzene rings is 1. The lowest BCUT2D eigenvalue weighted by Crippen LogP contribution is -2.41. The maximum atomic E-state index is 13.5. The molecule has 1 aromatic carbocycles. The normalized spacial score (nSPS) is 23.8. The Kier molecular flexibility index (Phi) is 6.40. The van der Waals surface area contributed by atoms with Gasteiger partial charge in [-0.15, -0.1) is 0 Å². The number of halogens is 3. The van der Waals surface area contributed by atoms with Crippen molar-refractivity contribution in [1.29, 1.82) is 0 Å². The van der Waals surface area contributed by atoms with E-state index in [1.165, 1.54) is 23.9 Å². The fourth-order valence-electron chi connectivity index (χ4n) is 5.71. The van der Waals surface area contributed by atoms with Gasteiger partial charge in [-0.3, -0.25) is 10.2 Å². The summed E-state index contributed by atoms with van der Waals surface area (Å²) < 4.78 is 33.0. The first-order valence-corrected chi connectivity index (χ1v) is 14.9. The number of fused-ring (bicyclic) bond motifs is 2. The molecule has 6 rings (SSSR count). The molecular formula is C25H23Cl3N4O4S. The first-order chi connectivity index (χ1) is 17.7. The molecule has 2 atom stereocenters. The van der Waals surface area contributed by atoms with Crippen molar-refractivity contribution in [2.24, 2.45) is 11.8 Å². The van der Waals surface area contributed by atoms with Crippen molar-refractivity contribution in [3.05, 3.63) is 68.3 Å². The van der Waals surface area contributed by atoms with E-state index in [1.54, 1.807) is 36.4 Å². The van der Waals surface area contributed by atoms with Crippen LogP contribution in [-0.2, 0) is 15.6 Å². The van der Waals surface area contributed by atoms with Crippen LogP contribution < -0.4 is 5.43 Å². The molecule has 8 nitrogen and oxygen atoms in total. The second kappa shape index (κ2) is 9.47. The lowest BCUT2D eigenvalue weighted by molar-refractivity contribution is 0.0808. The number of aromatic nitrogens is 2. The second-order valence-electron chi connectivity index (χ2n) is 9.82. The summed E-state index contributed by atoms with van der Waals surface area (Å²) in [5.74, 6) is 0.512. The van der Waals surface area contributed by atoms with Gasteiger partial charge in [0.25, 0.3) is 5.91 Å². The Hall–Kier alpha value is -2.30. The van der Waals surface area contributed by atoms with E-state index in [-0.39, 0.29) is 22.4 Å². The highest BCUT2D eigenvalue weighted by atomic mass is 35.5. The maximum absolute atomic E-state index is 13.5. The average molecular weight is 582 g/mol. The predicted octanol–water partition coefficient (Wildman–Crippen LogP) is 5.27. The summed E-state index contributed by atoms with van der Waals surface area (Å²) in [4.78, 5) is 13.5. The highest BCUT2D eigenvalue weighted by molar-refractivity contribution is 7.91. The zero-order valence-electron chi connectivity index (χ0n) is 19.6. The maximum Gasteiger partial charge on any atom is 0.286 e. The van der Waals surface area contributed by atoms with Gasteiger partial charge in [-0.1, -0.05) is 29.6 Å². The number of amides is 1. The van der Waals surface area contributed by atoms with Crippen molar-refractivity contribution < 1.29 is 17.6 Å². The number of rotatable bonds is 4. The van der Waals surface area contributed by atoms with Crippen molar-refractivity contribution in [2.75, 3.05) is 18.8 Å². The van der Waals surface area contributed by atoms with Gasteiger partial charge in [0.15, 0.2) is 20.8 Å². The quantitative estimate of drug-likeness (QED) is 0.451. The number of hydrazine groups is 1. The Balaban J connectivity index is 1.47. The number of hydrogen-bond acceptors (Lipinski definition) is 6. The Labute approximate surface area is 229 Å². The molecule has 1 saturated carbocycles. The molecule has 12 heteroatoms. The number of sulfone groups is 1. The van der Waals surface area contributed by atoms with Crippen LogP contribution >= 0.6 is 34.8 Å². The first-order valence-electron chi connectivity index (χ1n) is 12.0. The van der Waals surface area contributed by atoms with Gasteiger partial charge in [-0.25, -0.2) is 18.1 Å². The number of nitrogens with one attached hydrogen (secondary N) is 1. The summed E-state index contributed by atoms with van der Waals surface area (Å²) in [6.07, 6.45) is 5.16. The minimum atomic E-state index is -3.58. The van der Waals surface area contributed by atoms with E-state index >= 15 is 0 Å². The zero-order chi connectivity index (χ0) is 25.9. The van der Waals surface area contributed by atoms with Crippen LogP contribution in [0.15, 0.2) is 34.7 Å². The van der Waals surface area contributed by atoms with Crippen LogP contribution in [0.1, 0.15) is 46.8 Å². The van der Waals surface area contributed by atoms with Crippen LogP contribution in [0.25, 0.3) is 17.3 Å². The van der Waals surface area contributed by atoms with E-state index in [0.29, 0.717) is 50.2 Å². The van der Waals surface area contributed by atoms with Gasteiger partial charge in [-0.2, -0.15) is 5.10 Å². The van der Waals surface area contributed by atoms with E-state index in [1.807, 2.05) is 5.01 Å². The van der Waals surface area contributed by atoms with Crippen molar-refractivity contribution in [3.63, 3.8) is 0 Å². The highest BCUT2D eigenvalue weighted by Crippen LogP contribution is 2.39. The average Bonchev–Trinajstić information content (AvgIpc) is 3.57. The van der Waals surface area contributed by atoms with Gasteiger partial charge in [0, 0.05) is 23.7 Å². The van der Waals surface area contributed by atoms with Crippen LogP contribution in [-0.4, -0.2) is 48.0 Å². The number of furan rings is 1. The number of carbonyl (C=O) groups is 1. The SMILES string of the molecule is O=C(NN1CC2CCCC2C1)c1nn(-c2ccc(Cl)cc2Cl)c2c1CS(=O)(=O)CC2=Cc1ccc(Cl)o1. The third kappa shape index (κ3) is 4.83. The molecule has 0 spiro atoms. The van der Waals surface area contributed by atoms with Crippen molar-refractivity contribution >= 4 is 62.2 Å². The Bertz CT molecular complexity index is 1530. The Morgan fingerprint density at radius 3 is 2.51 bits per heavy atom. The smallest absolute Gasteiger partial charge is 0.286 e. The summed E-state index contributed by atoms with van der Waals surface area (Å²) in [6.45, 7) is 1.57. The molecule has 4 heterocycles. The first kappa shape index (κ1) is 25.0. The predicted molar refractivity (Wildman–Crippen MR) is 143 cm³/mol. The van der Waals surface area contributed by atoms with Crippen LogP contribution in [0.4, 0.5) is 0 Å².